The summed E-state index contributed by atoms with van der Waals surface area (Å²) >= 11 is 6.14. The Labute approximate surface area is 125 Å². The van der Waals surface area contributed by atoms with Gasteiger partial charge in [0.15, 0.2) is 11.5 Å². The number of methoxy groups -OCH3 is 2. The van der Waals surface area contributed by atoms with Crippen molar-refractivity contribution in [3.8, 4) is 11.5 Å². The highest BCUT2D eigenvalue weighted by molar-refractivity contribution is 6.30. The van der Waals surface area contributed by atoms with Crippen molar-refractivity contribution < 1.29 is 14.2 Å². The van der Waals surface area contributed by atoms with Crippen LogP contribution in [0.3, 0.4) is 0 Å². The molecule has 1 aliphatic rings. The molecule has 0 heterocycles. The molecule has 1 atom stereocenters. The van der Waals surface area contributed by atoms with Gasteiger partial charge in [-0.1, -0.05) is 11.6 Å². The zero-order chi connectivity index (χ0) is 14.5. The van der Waals surface area contributed by atoms with Gasteiger partial charge in [0.1, 0.15) is 6.10 Å². The topological polar surface area (TPSA) is 39.7 Å². The van der Waals surface area contributed by atoms with Crippen molar-refractivity contribution in [2.24, 2.45) is 0 Å². The van der Waals surface area contributed by atoms with Gasteiger partial charge in [-0.15, -0.1) is 0 Å². The van der Waals surface area contributed by atoms with E-state index in [2.05, 4.69) is 5.32 Å². The monoisotopic (exact) mass is 299 g/mol. The van der Waals surface area contributed by atoms with E-state index >= 15 is 0 Å². The fraction of sp³-hybridized carbons (Fsp3) is 0.600. The van der Waals surface area contributed by atoms with Crippen LogP contribution in [0.25, 0.3) is 0 Å². The van der Waals surface area contributed by atoms with Crippen LogP contribution in [0, 0.1) is 0 Å². The molecule has 1 fully saturated rings. The average Bonchev–Trinajstić information content (AvgIpc) is 3.22. The van der Waals surface area contributed by atoms with Crippen LogP contribution < -0.4 is 14.8 Å². The Kier molecular flexibility index (Phi) is 5.52. The van der Waals surface area contributed by atoms with E-state index in [1.807, 2.05) is 13.0 Å². The number of ether oxygens (including phenoxy) is 3. The number of hydrogen-bond acceptors (Lipinski definition) is 4. The highest BCUT2D eigenvalue weighted by atomic mass is 35.5. The van der Waals surface area contributed by atoms with Gasteiger partial charge in [-0.25, -0.2) is 0 Å². The van der Waals surface area contributed by atoms with Crippen molar-refractivity contribution in [2.75, 3.05) is 20.8 Å². The lowest BCUT2D eigenvalue weighted by atomic mass is 10.1. The molecule has 112 valence electrons. The van der Waals surface area contributed by atoms with Crippen LogP contribution in [0.15, 0.2) is 12.1 Å². The summed E-state index contributed by atoms with van der Waals surface area (Å²) < 4.78 is 16.5. The Bertz CT molecular complexity index is 449. The van der Waals surface area contributed by atoms with E-state index in [9.17, 15) is 0 Å². The maximum absolute atomic E-state index is 6.14. The first-order chi connectivity index (χ1) is 9.63. The third kappa shape index (κ3) is 4.27. The molecule has 0 spiro atoms. The molecule has 2 rings (SSSR count). The van der Waals surface area contributed by atoms with Crippen molar-refractivity contribution in [1.82, 2.24) is 5.32 Å². The molecule has 1 saturated carbocycles. The second-order valence-electron chi connectivity index (χ2n) is 5.14. The molecule has 1 N–H and O–H groups in total. The van der Waals surface area contributed by atoms with Gasteiger partial charge in [0.05, 0.1) is 13.7 Å². The molecule has 1 aromatic rings. The summed E-state index contributed by atoms with van der Waals surface area (Å²) in [5, 5.41) is 4.13. The van der Waals surface area contributed by atoms with E-state index in [-0.39, 0.29) is 6.10 Å². The Hall–Kier alpha value is -0.970. The Balaban J connectivity index is 2.18. The Morgan fingerprint density at radius 1 is 1.35 bits per heavy atom. The number of rotatable bonds is 8. The van der Waals surface area contributed by atoms with Gasteiger partial charge in [-0.05, 0) is 25.8 Å². The molecule has 0 bridgehead atoms. The van der Waals surface area contributed by atoms with Crippen LogP contribution in [0.1, 0.15) is 25.3 Å². The summed E-state index contributed by atoms with van der Waals surface area (Å²) in [6.45, 7) is 3.23. The zero-order valence-corrected chi connectivity index (χ0v) is 13.0. The average molecular weight is 300 g/mol. The molecule has 0 saturated heterocycles. The zero-order valence-electron chi connectivity index (χ0n) is 12.2. The summed E-state index contributed by atoms with van der Waals surface area (Å²) in [5.41, 5.74) is 1.02. The van der Waals surface area contributed by atoms with E-state index < -0.39 is 0 Å². The predicted molar refractivity (Wildman–Crippen MR) is 79.8 cm³/mol. The molecule has 20 heavy (non-hydrogen) atoms. The molecule has 0 aromatic heterocycles. The van der Waals surface area contributed by atoms with Crippen LogP contribution in [-0.2, 0) is 11.3 Å². The third-order valence-electron chi connectivity index (χ3n) is 3.20. The number of nitrogens with one attached hydrogen (secondary N) is 1. The number of hydrogen-bond donors (Lipinski definition) is 1. The van der Waals surface area contributed by atoms with Gasteiger partial charge in [0.25, 0.3) is 0 Å². The standard InChI is InChI=1S/C15H22ClNO3/c1-10(9-18-2)20-15-11(8-17-13-4-5-13)6-12(16)7-14(15)19-3/h6-7,10,13,17H,4-5,8-9H2,1-3H3. The molecule has 4 nitrogen and oxygen atoms in total. The first kappa shape index (κ1) is 15.4. The summed E-state index contributed by atoms with van der Waals surface area (Å²) in [7, 11) is 3.28. The molecular weight excluding hydrogens is 278 g/mol. The maximum atomic E-state index is 6.14. The van der Waals surface area contributed by atoms with Gasteiger partial charge in [-0.3, -0.25) is 0 Å². The normalized spacial score (nSPS) is 16.0. The number of halogens is 1. The molecule has 0 radical (unpaired) electrons. The summed E-state index contributed by atoms with van der Waals surface area (Å²) in [4.78, 5) is 0. The van der Waals surface area contributed by atoms with Crippen LogP contribution in [0.5, 0.6) is 11.5 Å². The first-order valence-corrected chi connectivity index (χ1v) is 7.27. The van der Waals surface area contributed by atoms with Crippen LogP contribution in [-0.4, -0.2) is 33.0 Å². The fourth-order valence-electron chi connectivity index (χ4n) is 2.05. The maximum Gasteiger partial charge on any atom is 0.166 e. The second-order valence-corrected chi connectivity index (χ2v) is 5.57. The van der Waals surface area contributed by atoms with Crippen LogP contribution in [0.2, 0.25) is 5.02 Å². The van der Waals surface area contributed by atoms with Crippen LogP contribution >= 0.6 is 11.6 Å². The minimum atomic E-state index is -0.0465. The van der Waals surface area contributed by atoms with Crippen molar-refractivity contribution in [3.63, 3.8) is 0 Å². The van der Waals surface area contributed by atoms with E-state index in [4.69, 9.17) is 25.8 Å². The van der Waals surface area contributed by atoms with Crippen molar-refractivity contribution >= 4 is 11.6 Å². The smallest absolute Gasteiger partial charge is 0.166 e. The molecule has 1 aliphatic carbocycles. The summed E-state index contributed by atoms with van der Waals surface area (Å²) in [5.74, 6) is 1.41. The molecule has 1 unspecified atom stereocenters. The van der Waals surface area contributed by atoms with Crippen molar-refractivity contribution in [1.29, 1.82) is 0 Å². The Morgan fingerprint density at radius 3 is 2.70 bits per heavy atom. The molecule has 1 aromatic carbocycles. The molecule has 0 amide bonds. The van der Waals surface area contributed by atoms with Gasteiger partial charge in [0.2, 0.25) is 0 Å². The third-order valence-corrected chi connectivity index (χ3v) is 3.41. The van der Waals surface area contributed by atoms with Gasteiger partial charge in [-0.2, -0.15) is 0 Å². The first-order valence-electron chi connectivity index (χ1n) is 6.89. The van der Waals surface area contributed by atoms with E-state index in [0.717, 1.165) is 17.9 Å². The van der Waals surface area contributed by atoms with Gasteiger partial charge < -0.3 is 19.5 Å². The lowest BCUT2D eigenvalue weighted by Crippen LogP contribution is -2.21. The van der Waals surface area contributed by atoms with Crippen molar-refractivity contribution in [3.05, 3.63) is 22.7 Å². The molecular formula is C15H22ClNO3. The molecule has 0 aliphatic heterocycles. The summed E-state index contributed by atoms with van der Waals surface area (Å²) in [6.07, 6.45) is 2.44. The fourth-order valence-corrected chi connectivity index (χ4v) is 2.28. The minimum Gasteiger partial charge on any atom is -0.493 e. The minimum absolute atomic E-state index is 0.0465. The number of benzene rings is 1. The van der Waals surface area contributed by atoms with E-state index in [0.29, 0.717) is 23.4 Å². The predicted octanol–water partition coefficient (Wildman–Crippen LogP) is 3.01. The van der Waals surface area contributed by atoms with Crippen molar-refractivity contribution in [2.45, 2.75) is 38.5 Å². The lowest BCUT2D eigenvalue weighted by Gasteiger charge is -2.20. The van der Waals surface area contributed by atoms with Crippen LogP contribution in [0.4, 0.5) is 0 Å². The highest BCUT2D eigenvalue weighted by Crippen LogP contribution is 2.36. The van der Waals surface area contributed by atoms with Gasteiger partial charge in [0, 0.05) is 36.3 Å². The van der Waals surface area contributed by atoms with Gasteiger partial charge >= 0.3 is 0 Å². The lowest BCUT2D eigenvalue weighted by molar-refractivity contribution is 0.0892. The summed E-state index contributed by atoms with van der Waals surface area (Å²) in [6, 6.07) is 4.33. The van der Waals surface area contributed by atoms with E-state index in [1.165, 1.54) is 12.8 Å². The molecule has 5 heteroatoms. The highest BCUT2D eigenvalue weighted by Gasteiger charge is 2.22. The van der Waals surface area contributed by atoms with E-state index in [1.54, 1.807) is 20.3 Å². The SMILES string of the molecule is COCC(C)Oc1c(CNC2CC2)cc(Cl)cc1OC. The Morgan fingerprint density at radius 2 is 2.10 bits per heavy atom. The quantitative estimate of drug-likeness (QED) is 0.801. The second kappa shape index (κ2) is 7.16. The largest absolute Gasteiger partial charge is 0.493 e.